The van der Waals surface area contributed by atoms with Gasteiger partial charge >= 0.3 is 0 Å². The molecule has 2 aromatic heterocycles. The molecule has 0 saturated heterocycles. The summed E-state index contributed by atoms with van der Waals surface area (Å²) in [6.45, 7) is 0. The van der Waals surface area contributed by atoms with Crippen LogP contribution in [0.3, 0.4) is 0 Å². The van der Waals surface area contributed by atoms with Crippen molar-refractivity contribution in [1.29, 1.82) is 0 Å². The summed E-state index contributed by atoms with van der Waals surface area (Å²) in [4.78, 5) is 2.33. The fraction of sp³-hybridized carbons (Fsp3) is 0. The van der Waals surface area contributed by atoms with Gasteiger partial charge in [0.05, 0.1) is 0 Å². The first-order valence-electron chi connectivity index (χ1n) is 22.1. The molecule has 0 amide bonds. The Balaban J connectivity index is 0.862. The van der Waals surface area contributed by atoms with Gasteiger partial charge in [0.15, 0.2) is 0 Å². The third-order valence-electron chi connectivity index (χ3n) is 13.1. The smallest absolute Gasteiger partial charge is 0.136 e. The van der Waals surface area contributed by atoms with Crippen molar-refractivity contribution in [2.24, 2.45) is 0 Å². The van der Waals surface area contributed by atoms with Gasteiger partial charge in [0, 0.05) is 38.6 Å². The summed E-state index contributed by atoms with van der Waals surface area (Å²) >= 11 is 0. The van der Waals surface area contributed by atoms with E-state index in [-0.39, 0.29) is 0 Å². The maximum absolute atomic E-state index is 6.45. The van der Waals surface area contributed by atoms with E-state index in [2.05, 4.69) is 241 Å². The lowest BCUT2D eigenvalue weighted by Crippen LogP contribution is -2.09. The molecule has 11 aromatic carbocycles. The number of furan rings is 2. The number of rotatable bonds is 7. The lowest BCUT2D eigenvalue weighted by atomic mass is 9.98. The highest BCUT2D eigenvalue weighted by atomic mass is 16.3. The normalized spacial score (nSPS) is 11.7. The molecule has 0 aliphatic rings. The molecule has 0 unspecified atom stereocenters. The molecule has 3 nitrogen and oxygen atoms in total. The van der Waals surface area contributed by atoms with E-state index in [4.69, 9.17) is 8.83 Å². The monoisotopic (exact) mass is 829 g/mol. The van der Waals surface area contributed by atoms with Crippen LogP contribution in [-0.2, 0) is 0 Å². The van der Waals surface area contributed by atoms with Crippen LogP contribution in [-0.4, -0.2) is 0 Å². The second kappa shape index (κ2) is 15.0. The number of hydrogen-bond donors (Lipinski definition) is 0. The summed E-state index contributed by atoms with van der Waals surface area (Å²) in [7, 11) is 0. The second-order valence-corrected chi connectivity index (χ2v) is 16.9. The first-order chi connectivity index (χ1) is 32.2. The largest absolute Gasteiger partial charge is 0.456 e. The van der Waals surface area contributed by atoms with Crippen LogP contribution in [0.5, 0.6) is 0 Å². The fourth-order valence-corrected chi connectivity index (χ4v) is 9.82. The Labute approximate surface area is 375 Å². The minimum Gasteiger partial charge on any atom is -0.456 e. The average Bonchev–Trinajstić information content (AvgIpc) is 3.96. The highest BCUT2D eigenvalue weighted by molar-refractivity contribution is 6.20. The fourth-order valence-electron chi connectivity index (χ4n) is 9.82. The first-order valence-corrected chi connectivity index (χ1v) is 22.1. The molecule has 0 radical (unpaired) electrons. The van der Waals surface area contributed by atoms with Crippen molar-refractivity contribution < 1.29 is 8.83 Å². The highest BCUT2D eigenvalue weighted by Gasteiger charge is 2.17. The summed E-state index contributed by atoms with van der Waals surface area (Å²) in [5.41, 5.74) is 16.0. The average molecular weight is 830 g/mol. The van der Waals surface area contributed by atoms with Crippen LogP contribution in [0.25, 0.3) is 110 Å². The van der Waals surface area contributed by atoms with Gasteiger partial charge in [-0.05, 0) is 145 Å². The summed E-state index contributed by atoms with van der Waals surface area (Å²) in [5, 5.41) is 9.45. The molecule has 3 heteroatoms. The molecule has 0 fully saturated rings. The van der Waals surface area contributed by atoms with Crippen LogP contribution < -0.4 is 4.90 Å². The molecular formula is C62H39NO2. The Bertz CT molecular complexity index is 3720. The van der Waals surface area contributed by atoms with Crippen LogP contribution >= 0.6 is 0 Å². The molecule has 304 valence electrons. The van der Waals surface area contributed by atoms with E-state index in [9.17, 15) is 0 Å². The van der Waals surface area contributed by atoms with Crippen molar-refractivity contribution in [2.45, 2.75) is 0 Å². The third-order valence-corrected chi connectivity index (χ3v) is 13.1. The van der Waals surface area contributed by atoms with E-state index < -0.39 is 0 Å². The molecule has 0 bridgehead atoms. The van der Waals surface area contributed by atoms with Crippen molar-refractivity contribution >= 4 is 82.5 Å². The number of nitrogens with zero attached hydrogens (tertiary/aromatic N) is 1. The third kappa shape index (κ3) is 6.36. The Morgan fingerprint density at radius 2 is 0.600 bits per heavy atom. The molecule has 2 heterocycles. The standard InChI is InChI=1S/C62H39NO2/c1-2-9-40(10-3-1)46-13-8-14-47(37-46)41-17-27-50(28-18-41)63(51-29-19-42(20-30-51)48-23-33-55-59(38-48)64-57-35-25-44-11-4-6-15-53(44)61(55)57)52-31-21-43(22-32-52)49-24-34-56-60(39-49)65-58-36-26-45-12-5-7-16-54(45)62(56)58/h1-39H. The Hall–Kier alpha value is -8.66. The molecule has 0 N–H and O–H groups in total. The molecule has 0 spiro atoms. The minimum atomic E-state index is 0.891. The van der Waals surface area contributed by atoms with Gasteiger partial charge in [-0.15, -0.1) is 0 Å². The van der Waals surface area contributed by atoms with Gasteiger partial charge in [0.2, 0.25) is 0 Å². The molecular weight excluding hydrogens is 791 g/mol. The summed E-state index contributed by atoms with van der Waals surface area (Å²) in [6, 6.07) is 84.6. The maximum Gasteiger partial charge on any atom is 0.136 e. The van der Waals surface area contributed by atoms with Crippen LogP contribution in [0.2, 0.25) is 0 Å². The molecule has 0 saturated carbocycles. The van der Waals surface area contributed by atoms with E-state index in [1.165, 1.54) is 54.6 Å². The maximum atomic E-state index is 6.45. The lowest BCUT2D eigenvalue weighted by Gasteiger charge is -2.26. The van der Waals surface area contributed by atoms with Gasteiger partial charge in [-0.25, -0.2) is 0 Å². The summed E-state index contributed by atoms with van der Waals surface area (Å²) in [5.74, 6) is 0. The Morgan fingerprint density at radius 3 is 1.06 bits per heavy atom. The first kappa shape index (κ1) is 36.9. The van der Waals surface area contributed by atoms with Crippen molar-refractivity contribution in [3.05, 3.63) is 237 Å². The van der Waals surface area contributed by atoms with Gasteiger partial charge in [-0.1, -0.05) is 158 Å². The van der Waals surface area contributed by atoms with Gasteiger partial charge in [0.25, 0.3) is 0 Å². The van der Waals surface area contributed by atoms with Crippen molar-refractivity contribution in [3.8, 4) is 44.5 Å². The molecule has 0 atom stereocenters. The highest BCUT2D eigenvalue weighted by Crippen LogP contribution is 2.41. The molecule has 13 rings (SSSR count). The van der Waals surface area contributed by atoms with Crippen LogP contribution in [0.4, 0.5) is 17.1 Å². The van der Waals surface area contributed by atoms with Crippen LogP contribution in [0.1, 0.15) is 0 Å². The summed E-state index contributed by atoms with van der Waals surface area (Å²) < 4.78 is 12.9. The van der Waals surface area contributed by atoms with E-state index in [1.807, 2.05) is 0 Å². The van der Waals surface area contributed by atoms with Gasteiger partial charge < -0.3 is 13.7 Å². The number of hydrogen-bond acceptors (Lipinski definition) is 3. The number of benzene rings is 11. The van der Waals surface area contributed by atoms with Crippen molar-refractivity contribution in [2.75, 3.05) is 4.90 Å². The van der Waals surface area contributed by atoms with E-state index in [0.29, 0.717) is 0 Å². The zero-order valence-corrected chi connectivity index (χ0v) is 35.3. The lowest BCUT2D eigenvalue weighted by molar-refractivity contribution is 0.669. The molecule has 13 aromatic rings. The zero-order chi connectivity index (χ0) is 42.8. The van der Waals surface area contributed by atoms with Crippen LogP contribution in [0.15, 0.2) is 245 Å². The quantitative estimate of drug-likeness (QED) is 0.160. The van der Waals surface area contributed by atoms with E-state index >= 15 is 0 Å². The van der Waals surface area contributed by atoms with Gasteiger partial charge in [-0.3, -0.25) is 0 Å². The zero-order valence-electron chi connectivity index (χ0n) is 35.3. The predicted octanol–water partition coefficient (Wildman–Crippen LogP) is 17.9. The van der Waals surface area contributed by atoms with Crippen molar-refractivity contribution in [1.82, 2.24) is 0 Å². The number of fused-ring (bicyclic) bond motifs is 10. The van der Waals surface area contributed by atoms with Gasteiger partial charge in [0.1, 0.15) is 22.3 Å². The van der Waals surface area contributed by atoms with Crippen LogP contribution in [0, 0.1) is 0 Å². The Morgan fingerprint density at radius 1 is 0.231 bits per heavy atom. The molecule has 0 aliphatic carbocycles. The van der Waals surface area contributed by atoms with E-state index in [0.717, 1.165) is 72.4 Å². The Kier molecular flexibility index (Phi) is 8.53. The predicted molar refractivity (Wildman–Crippen MR) is 272 cm³/mol. The van der Waals surface area contributed by atoms with Crippen molar-refractivity contribution in [3.63, 3.8) is 0 Å². The van der Waals surface area contributed by atoms with Gasteiger partial charge in [-0.2, -0.15) is 0 Å². The molecule has 0 aliphatic heterocycles. The molecule has 65 heavy (non-hydrogen) atoms. The SMILES string of the molecule is c1ccc(-c2cccc(-c3ccc(N(c4ccc(-c5ccc6c(c5)oc5ccc7ccccc7c56)cc4)c4ccc(-c5ccc6c(c5)oc5ccc7ccccc7c56)cc4)cc3)c2)cc1. The second-order valence-electron chi connectivity index (χ2n) is 16.9. The number of anilines is 3. The van der Waals surface area contributed by atoms with E-state index in [1.54, 1.807) is 0 Å². The summed E-state index contributed by atoms with van der Waals surface area (Å²) in [6.07, 6.45) is 0. The topological polar surface area (TPSA) is 29.5 Å². The minimum absolute atomic E-state index is 0.891.